The molecule has 90 valence electrons. The van der Waals surface area contributed by atoms with E-state index in [2.05, 4.69) is 40.4 Å². The number of hydrogen-bond donors (Lipinski definition) is 2. The molecule has 0 amide bonds. The molecular weight excluding hydrogens is 224 g/mol. The number of aryl methyl sites for hydroxylation is 1. The Morgan fingerprint density at radius 3 is 2.78 bits per heavy atom. The lowest BCUT2D eigenvalue weighted by molar-refractivity contribution is 1.31. The van der Waals surface area contributed by atoms with Crippen molar-refractivity contribution in [2.24, 2.45) is 0 Å². The summed E-state index contributed by atoms with van der Waals surface area (Å²) in [5, 5.41) is 5.20. The predicted octanol–water partition coefficient (Wildman–Crippen LogP) is 2.72. The molecular formula is C14H14N4. The number of nitrogens with two attached hydrogens (primary N) is 1. The van der Waals surface area contributed by atoms with Crippen molar-refractivity contribution in [2.45, 2.75) is 6.92 Å². The standard InChI is InChI=1S/C14H14N4/c1-8-3-4-10-11-6-9(15)7-17-13(11)14(16-2)18-12(10)5-8/h3-7H,15H2,1-2H3,(H,16,18). The summed E-state index contributed by atoms with van der Waals surface area (Å²) < 4.78 is 0. The van der Waals surface area contributed by atoms with Gasteiger partial charge in [-0.1, -0.05) is 12.1 Å². The minimum Gasteiger partial charge on any atom is -0.397 e. The molecule has 0 atom stereocenters. The second-order valence-electron chi connectivity index (χ2n) is 4.40. The summed E-state index contributed by atoms with van der Waals surface area (Å²) in [6.07, 6.45) is 1.66. The van der Waals surface area contributed by atoms with Gasteiger partial charge in [0.15, 0.2) is 5.82 Å². The number of benzene rings is 1. The molecule has 1 aromatic carbocycles. The normalized spacial score (nSPS) is 11.0. The molecule has 0 saturated carbocycles. The molecule has 18 heavy (non-hydrogen) atoms. The number of nitrogens with zero attached hydrogens (tertiary/aromatic N) is 2. The van der Waals surface area contributed by atoms with Crippen LogP contribution in [-0.4, -0.2) is 17.0 Å². The maximum Gasteiger partial charge on any atom is 0.153 e. The molecule has 0 aliphatic rings. The number of rotatable bonds is 1. The average molecular weight is 238 g/mol. The Kier molecular flexibility index (Phi) is 2.30. The highest BCUT2D eigenvalue weighted by atomic mass is 15.0. The lowest BCUT2D eigenvalue weighted by Gasteiger charge is -2.09. The molecule has 2 heterocycles. The molecule has 0 saturated heterocycles. The molecule has 4 heteroatoms. The molecule has 0 radical (unpaired) electrons. The molecule has 0 aliphatic carbocycles. The summed E-state index contributed by atoms with van der Waals surface area (Å²) in [5.41, 5.74) is 9.49. The Morgan fingerprint density at radius 1 is 1.17 bits per heavy atom. The maximum absolute atomic E-state index is 5.83. The molecule has 2 aromatic heterocycles. The van der Waals surface area contributed by atoms with E-state index in [9.17, 15) is 0 Å². The van der Waals surface area contributed by atoms with Gasteiger partial charge in [0.05, 0.1) is 17.4 Å². The highest BCUT2D eigenvalue weighted by Gasteiger charge is 2.08. The first-order valence-corrected chi connectivity index (χ1v) is 5.82. The first-order chi connectivity index (χ1) is 8.69. The van der Waals surface area contributed by atoms with Crippen LogP contribution in [0.15, 0.2) is 30.5 Å². The number of fused-ring (bicyclic) bond motifs is 3. The van der Waals surface area contributed by atoms with Crippen molar-refractivity contribution in [1.29, 1.82) is 0 Å². The zero-order valence-corrected chi connectivity index (χ0v) is 10.4. The number of pyridine rings is 2. The molecule has 0 bridgehead atoms. The van der Waals surface area contributed by atoms with Crippen molar-refractivity contribution in [3.63, 3.8) is 0 Å². The van der Waals surface area contributed by atoms with E-state index in [1.165, 1.54) is 5.56 Å². The Labute approximate surface area is 105 Å². The number of hydrogen-bond acceptors (Lipinski definition) is 4. The fraction of sp³-hybridized carbons (Fsp3) is 0.143. The van der Waals surface area contributed by atoms with Crippen molar-refractivity contribution in [2.75, 3.05) is 18.1 Å². The third kappa shape index (κ3) is 1.54. The molecule has 0 spiro atoms. The third-order valence-corrected chi connectivity index (χ3v) is 3.05. The number of aromatic nitrogens is 2. The van der Waals surface area contributed by atoms with Gasteiger partial charge in [-0.25, -0.2) is 4.98 Å². The van der Waals surface area contributed by atoms with Crippen molar-refractivity contribution in [3.8, 4) is 0 Å². The summed E-state index contributed by atoms with van der Waals surface area (Å²) >= 11 is 0. The van der Waals surface area contributed by atoms with E-state index in [0.717, 1.165) is 27.6 Å². The monoisotopic (exact) mass is 238 g/mol. The van der Waals surface area contributed by atoms with Crippen LogP contribution in [0.2, 0.25) is 0 Å². The Hall–Kier alpha value is -2.36. The molecule has 3 aromatic rings. The summed E-state index contributed by atoms with van der Waals surface area (Å²) in [4.78, 5) is 8.97. The van der Waals surface area contributed by atoms with Gasteiger partial charge in [0, 0.05) is 17.8 Å². The van der Waals surface area contributed by atoms with Crippen LogP contribution in [0, 0.1) is 6.92 Å². The fourth-order valence-corrected chi connectivity index (χ4v) is 2.18. The van der Waals surface area contributed by atoms with E-state index in [-0.39, 0.29) is 0 Å². The van der Waals surface area contributed by atoms with Gasteiger partial charge < -0.3 is 11.1 Å². The van der Waals surface area contributed by atoms with Gasteiger partial charge >= 0.3 is 0 Å². The van der Waals surface area contributed by atoms with Crippen molar-refractivity contribution >= 4 is 33.3 Å². The maximum atomic E-state index is 5.83. The highest BCUT2D eigenvalue weighted by molar-refractivity contribution is 6.09. The van der Waals surface area contributed by atoms with E-state index in [1.54, 1.807) is 6.20 Å². The van der Waals surface area contributed by atoms with Gasteiger partial charge in [-0.2, -0.15) is 0 Å². The third-order valence-electron chi connectivity index (χ3n) is 3.05. The first kappa shape index (κ1) is 10.8. The fourth-order valence-electron chi connectivity index (χ4n) is 2.18. The van der Waals surface area contributed by atoms with Crippen LogP contribution < -0.4 is 11.1 Å². The SMILES string of the molecule is CNc1nc2cc(C)ccc2c2cc(N)cnc12. The number of nitrogens with one attached hydrogen (secondary N) is 1. The Balaban J connectivity index is 2.54. The molecule has 4 nitrogen and oxygen atoms in total. The second-order valence-corrected chi connectivity index (χ2v) is 4.40. The van der Waals surface area contributed by atoms with E-state index in [0.29, 0.717) is 5.69 Å². The predicted molar refractivity (Wildman–Crippen MR) is 75.7 cm³/mol. The van der Waals surface area contributed by atoms with Crippen molar-refractivity contribution in [1.82, 2.24) is 9.97 Å². The van der Waals surface area contributed by atoms with Crippen LogP contribution >= 0.6 is 0 Å². The highest BCUT2D eigenvalue weighted by Crippen LogP contribution is 2.29. The van der Waals surface area contributed by atoms with Gasteiger partial charge in [-0.3, -0.25) is 4.98 Å². The quantitative estimate of drug-likeness (QED) is 0.640. The second kappa shape index (κ2) is 3.84. The number of anilines is 2. The van der Waals surface area contributed by atoms with Gasteiger partial charge in [0.2, 0.25) is 0 Å². The van der Waals surface area contributed by atoms with Crippen LogP contribution in [-0.2, 0) is 0 Å². The zero-order valence-electron chi connectivity index (χ0n) is 10.4. The summed E-state index contributed by atoms with van der Waals surface area (Å²) in [7, 11) is 1.85. The van der Waals surface area contributed by atoms with E-state index in [4.69, 9.17) is 5.73 Å². The molecule has 0 unspecified atom stereocenters. The average Bonchev–Trinajstić information content (AvgIpc) is 2.37. The first-order valence-electron chi connectivity index (χ1n) is 5.82. The lowest BCUT2D eigenvalue weighted by Crippen LogP contribution is -1.98. The smallest absolute Gasteiger partial charge is 0.153 e. The zero-order chi connectivity index (χ0) is 12.7. The van der Waals surface area contributed by atoms with Gasteiger partial charge in [-0.15, -0.1) is 0 Å². The summed E-state index contributed by atoms with van der Waals surface area (Å²) in [6, 6.07) is 8.16. The number of nitrogen functional groups attached to an aromatic ring is 1. The van der Waals surface area contributed by atoms with E-state index in [1.807, 2.05) is 13.1 Å². The van der Waals surface area contributed by atoms with E-state index >= 15 is 0 Å². The van der Waals surface area contributed by atoms with Gasteiger partial charge in [0.25, 0.3) is 0 Å². The Morgan fingerprint density at radius 2 is 2.00 bits per heavy atom. The van der Waals surface area contributed by atoms with Gasteiger partial charge in [-0.05, 0) is 24.6 Å². The summed E-state index contributed by atoms with van der Waals surface area (Å²) in [5.74, 6) is 0.781. The van der Waals surface area contributed by atoms with E-state index < -0.39 is 0 Å². The summed E-state index contributed by atoms with van der Waals surface area (Å²) in [6.45, 7) is 2.06. The van der Waals surface area contributed by atoms with Crippen LogP contribution in [0.3, 0.4) is 0 Å². The topological polar surface area (TPSA) is 63.8 Å². The molecule has 0 fully saturated rings. The van der Waals surface area contributed by atoms with Crippen molar-refractivity contribution < 1.29 is 0 Å². The van der Waals surface area contributed by atoms with Crippen LogP contribution in [0.1, 0.15) is 5.56 Å². The van der Waals surface area contributed by atoms with Crippen LogP contribution in [0.4, 0.5) is 11.5 Å². The molecule has 0 aliphatic heterocycles. The van der Waals surface area contributed by atoms with Crippen molar-refractivity contribution in [3.05, 3.63) is 36.0 Å². The minimum atomic E-state index is 0.664. The molecule has 3 rings (SSSR count). The Bertz CT molecular complexity index is 749. The van der Waals surface area contributed by atoms with Gasteiger partial charge in [0.1, 0.15) is 5.52 Å². The lowest BCUT2D eigenvalue weighted by atomic mass is 10.1. The van der Waals surface area contributed by atoms with Crippen LogP contribution in [0.25, 0.3) is 21.8 Å². The molecule has 3 N–H and O–H groups in total. The van der Waals surface area contributed by atoms with Crippen LogP contribution in [0.5, 0.6) is 0 Å². The minimum absolute atomic E-state index is 0.664. The largest absolute Gasteiger partial charge is 0.397 e.